The van der Waals surface area contributed by atoms with Crippen molar-refractivity contribution >= 4 is 10.0 Å². The lowest BCUT2D eigenvalue weighted by Crippen LogP contribution is -2.27. The molecule has 2 rings (SSSR count). The summed E-state index contributed by atoms with van der Waals surface area (Å²) < 4.78 is 64.6. The number of benzene rings is 1. The minimum absolute atomic E-state index is 0.0878. The summed E-state index contributed by atoms with van der Waals surface area (Å²) in [6.45, 7) is 3.47. The van der Waals surface area contributed by atoms with Crippen LogP contribution < -0.4 is 10.0 Å². The van der Waals surface area contributed by atoms with Gasteiger partial charge in [0.05, 0.1) is 10.5 Å². The molecule has 1 aromatic rings. The van der Waals surface area contributed by atoms with E-state index in [9.17, 15) is 21.6 Å². The Morgan fingerprint density at radius 2 is 2.09 bits per heavy atom. The molecule has 124 valence electrons. The Morgan fingerprint density at radius 1 is 1.36 bits per heavy atom. The van der Waals surface area contributed by atoms with Crippen molar-refractivity contribution < 1.29 is 21.6 Å². The fraction of sp³-hybridized carbons (Fsp3) is 0.571. The van der Waals surface area contributed by atoms with Gasteiger partial charge in [-0.05, 0) is 62.5 Å². The van der Waals surface area contributed by atoms with Gasteiger partial charge in [-0.1, -0.05) is 0 Å². The Balaban J connectivity index is 2.05. The van der Waals surface area contributed by atoms with Crippen LogP contribution in [-0.4, -0.2) is 28.1 Å². The molecule has 1 fully saturated rings. The topological polar surface area (TPSA) is 58.2 Å². The van der Waals surface area contributed by atoms with E-state index in [1.165, 1.54) is 6.92 Å². The van der Waals surface area contributed by atoms with Crippen molar-refractivity contribution in [1.29, 1.82) is 0 Å². The lowest BCUT2D eigenvalue weighted by molar-refractivity contribution is -0.137. The van der Waals surface area contributed by atoms with Gasteiger partial charge in [0.1, 0.15) is 0 Å². The quantitative estimate of drug-likeness (QED) is 0.867. The maximum Gasteiger partial charge on any atom is 0.416 e. The van der Waals surface area contributed by atoms with Gasteiger partial charge in [0.15, 0.2) is 0 Å². The van der Waals surface area contributed by atoms with Crippen LogP contribution in [0, 0.1) is 12.8 Å². The van der Waals surface area contributed by atoms with Crippen LogP contribution in [0.3, 0.4) is 0 Å². The van der Waals surface area contributed by atoms with Crippen LogP contribution in [-0.2, 0) is 16.2 Å². The van der Waals surface area contributed by atoms with Crippen molar-refractivity contribution in [2.75, 3.05) is 19.6 Å². The number of nitrogens with one attached hydrogen (secondary N) is 2. The van der Waals surface area contributed by atoms with E-state index in [0.29, 0.717) is 12.3 Å². The molecule has 1 saturated heterocycles. The monoisotopic (exact) mass is 336 g/mol. The van der Waals surface area contributed by atoms with Crippen molar-refractivity contribution in [3.05, 3.63) is 29.3 Å². The second-order valence-electron chi connectivity index (χ2n) is 5.52. The van der Waals surface area contributed by atoms with Gasteiger partial charge < -0.3 is 5.32 Å². The molecule has 22 heavy (non-hydrogen) atoms. The molecule has 1 atom stereocenters. The van der Waals surface area contributed by atoms with Gasteiger partial charge in [-0.25, -0.2) is 13.1 Å². The minimum Gasteiger partial charge on any atom is -0.316 e. The Hall–Kier alpha value is -1.12. The van der Waals surface area contributed by atoms with E-state index in [0.717, 1.165) is 37.7 Å². The molecule has 1 aliphatic heterocycles. The van der Waals surface area contributed by atoms with Gasteiger partial charge in [-0.3, -0.25) is 0 Å². The molecule has 4 nitrogen and oxygen atoms in total. The second-order valence-corrected chi connectivity index (χ2v) is 7.26. The smallest absolute Gasteiger partial charge is 0.316 e. The summed E-state index contributed by atoms with van der Waals surface area (Å²) in [5, 5.41) is 3.20. The Morgan fingerprint density at radius 3 is 2.64 bits per heavy atom. The highest BCUT2D eigenvalue weighted by molar-refractivity contribution is 7.89. The summed E-state index contributed by atoms with van der Waals surface area (Å²) in [6.07, 6.45) is -2.75. The molecule has 0 aliphatic carbocycles. The third kappa shape index (κ3) is 4.21. The third-order valence-corrected chi connectivity index (χ3v) is 5.42. The summed E-state index contributed by atoms with van der Waals surface area (Å²) in [5.41, 5.74) is -0.758. The fourth-order valence-corrected chi connectivity index (χ4v) is 3.84. The van der Waals surface area contributed by atoms with E-state index in [1.807, 2.05) is 0 Å². The van der Waals surface area contributed by atoms with Gasteiger partial charge in [-0.15, -0.1) is 0 Å². The van der Waals surface area contributed by atoms with Crippen molar-refractivity contribution in [3.63, 3.8) is 0 Å². The predicted molar refractivity (Wildman–Crippen MR) is 77.0 cm³/mol. The number of alkyl halides is 3. The number of hydrogen-bond acceptors (Lipinski definition) is 3. The summed E-state index contributed by atoms with van der Waals surface area (Å²) in [4.78, 5) is -0.106. The van der Waals surface area contributed by atoms with Gasteiger partial charge in [0, 0.05) is 6.54 Å². The van der Waals surface area contributed by atoms with E-state index in [2.05, 4.69) is 10.0 Å². The largest absolute Gasteiger partial charge is 0.416 e. The van der Waals surface area contributed by atoms with Gasteiger partial charge in [0.2, 0.25) is 10.0 Å². The lowest BCUT2D eigenvalue weighted by atomic mass is 10.1. The molecule has 1 heterocycles. The van der Waals surface area contributed by atoms with Crippen LogP contribution >= 0.6 is 0 Å². The van der Waals surface area contributed by atoms with E-state index >= 15 is 0 Å². The maximum atomic E-state index is 12.6. The first-order valence-electron chi connectivity index (χ1n) is 7.08. The van der Waals surface area contributed by atoms with Gasteiger partial charge in [0.25, 0.3) is 0 Å². The van der Waals surface area contributed by atoms with E-state index in [4.69, 9.17) is 0 Å². The van der Waals surface area contributed by atoms with Crippen LogP contribution in [0.25, 0.3) is 0 Å². The third-order valence-electron chi connectivity index (χ3n) is 3.80. The Labute approximate surface area is 128 Å². The molecule has 8 heteroatoms. The highest BCUT2D eigenvalue weighted by atomic mass is 32.2. The lowest BCUT2D eigenvalue weighted by Gasteiger charge is -2.13. The van der Waals surface area contributed by atoms with E-state index in [-0.39, 0.29) is 17.0 Å². The summed E-state index contributed by atoms with van der Waals surface area (Å²) in [7, 11) is -3.78. The molecule has 1 aromatic carbocycles. The van der Waals surface area contributed by atoms with Crippen molar-refractivity contribution in [1.82, 2.24) is 10.0 Å². The molecule has 0 aromatic heterocycles. The minimum atomic E-state index is -4.48. The van der Waals surface area contributed by atoms with E-state index < -0.39 is 21.8 Å². The predicted octanol–water partition coefficient (Wildman–Crippen LogP) is 2.29. The molecule has 1 aliphatic rings. The number of sulfonamides is 1. The zero-order chi connectivity index (χ0) is 16.4. The fourth-order valence-electron chi connectivity index (χ4n) is 2.56. The first-order chi connectivity index (χ1) is 10.2. The molecule has 0 radical (unpaired) electrons. The van der Waals surface area contributed by atoms with Crippen LogP contribution in [0.4, 0.5) is 13.2 Å². The van der Waals surface area contributed by atoms with Gasteiger partial charge >= 0.3 is 6.18 Å². The standard InChI is InChI=1S/C14H19F3N2O2S/c1-10-8-12(14(15,16)17)2-3-13(10)22(20,21)19-7-5-11-4-6-18-9-11/h2-3,8,11,18-19H,4-7,9H2,1H3. The molecular weight excluding hydrogens is 317 g/mol. The highest BCUT2D eigenvalue weighted by Gasteiger charge is 2.31. The number of rotatable bonds is 5. The average molecular weight is 336 g/mol. The molecule has 0 amide bonds. The average Bonchev–Trinajstić information content (AvgIpc) is 2.90. The molecule has 0 bridgehead atoms. The summed E-state index contributed by atoms with van der Waals surface area (Å²) >= 11 is 0. The summed E-state index contributed by atoms with van der Waals surface area (Å²) in [5.74, 6) is 0.441. The van der Waals surface area contributed by atoms with Crippen molar-refractivity contribution in [2.45, 2.75) is 30.8 Å². The normalized spacial score (nSPS) is 19.5. The number of halogens is 3. The molecule has 0 spiro atoms. The molecule has 1 unspecified atom stereocenters. The zero-order valence-electron chi connectivity index (χ0n) is 12.2. The Bertz CT molecular complexity index is 623. The summed E-state index contributed by atoms with van der Waals surface area (Å²) in [6, 6.07) is 2.66. The molecule has 0 saturated carbocycles. The SMILES string of the molecule is Cc1cc(C(F)(F)F)ccc1S(=O)(=O)NCCC1CCNC1. The Kier molecular flexibility index (Phi) is 5.14. The van der Waals surface area contributed by atoms with Crippen molar-refractivity contribution in [2.24, 2.45) is 5.92 Å². The first kappa shape index (κ1) is 17.2. The zero-order valence-corrected chi connectivity index (χ0v) is 13.0. The second kappa shape index (κ2) is 6.55. The van der Waals surface area contributed by atoms with Gasteiger partial charge in [-0.2, -0.15) is 13.2 Å². The van der Waals surface area contributed by atoms with Crippen molar-refractivity contribution in [3.8, 4) is 0 Å². The van der Waals surface area contributed by atoms with Crippen LogP contribution in [0.5, 0.6) is 0 Å². The maximum absolute atomic E-state index is 12.6. The highest BCUT2D eigenvalue weighted by Crippen LogP contribution is 2.31. The first-order valence-corrected chi connectivity index (χ1v) is 8.57. The number of aryl methyl sites for hydroxylation is 1. The number of hydrogen-bond donors (Lipinski definition) is 2. The van der Waals surface area contributed by atoms with E-state index in [1.54, 1.807) is 0 Å². The molecule has 2 N–H and O–H groups in total. The van der Waals surface area contributed by atoms with Crippen LogP contribution in [0.2, 0.25) is 0 Å². The van der Waals surface area contributed by atoms with Crippen LogP contribution in [0.1, 0.15) is 24.0 Å². The molecular formula is C14H19F3N2O2S. The van der Waals surface area contributed by atoms with Crippen LogP contribution in [0.15, 0.2) is 23.1 Å².